The third-order valence-electron chi connectivity index (χ3n) is 6.64. The third kappa shape index (κ3) is 5.15. The molecule has 1 saturated carbocycles. The van der Waals surface area contributed by atoms with Crippen molar-refractivity contribution in [3.8, 4) is 0 Å². The number of rotatable bonds is 5. The lowest BCUT2D eigenvalue weighted by Gasteiger charge is -2.24. The summed E-state index contributed by atoms with van der Waals surface area (Å²) >= 11 is 0. The van der Waals surface area contributed by atoms with Crippen LogP contribution in [-0.4, -0.2) is 43.0 Å². The molecule has 10 heteroatoms. The minimum Gasteiger partial charge on any atom is -0.449 e. The molecule has 0 radical (unpaired) electrons. The van der Waals surface area contributed by atoms with E-state index < -0.39 is 53.0 Å². The van der Waals surface area contributed by atoms with Gasteiger partial charge in [0.15, 0.2) is 0 Å². The minimum atomic E-state index is -1.11. The monoisotopic (exact) mass is 463 g/mol. The van der Waals surface area contributed by atoms with Crippen molar-refractivity contribution in [3.63, 3.8) is 0 Å². The van der Waals surface area contributed by atoms with Gasteiger partial charge in [0, 0.05) is 24.2 Å². The maximum Gasteiger partial charge on any atom is 0.407 e. The van der Waals surface area contributed by atoms with Gasteiger partial charge in [0.25, 0.3) is 0 Å². The Morgan fingerprint density at radius 1 is 1.06 bits per heavy atom. The Hall–Kier alpha value is -3.04. The Kier molecular flexibility index (Phi) is 6.90. The summed E-state index contributed by atoms with van der Waals surface area (Å²) in [5, 5.41) is 4.63. The Morgan fingerprint density at radius 3 is 2.42 bits per heavy atom. The normalized spacial score (nSPS) is 24.1. The van der Waals surface area contributed by atoms with Gasteiger partial charge in [-0.25, -0.2) is 13.6 Å². The molecule has 1 aromatic rings. The molecule has 178 valence electrons. The molecule has 3 fully saturated rings. The van der Waals surface area contributed by atoms with E-state index in [-0.39, 0.29) is 31.5 Å². The van der Waals surface area contributed by atoms with Crippen LogP contribution < -0.4 is 15.5 Å². The number of carbonyl (C=O) groups is 4. The summed E-state index contributed by atoms with van der Waals surface area (Å²) in [6.07, 6.45) is 5.10. The van der Waals surface area contributed by atoms with Crippen LogP contribution in [-0.2, 0) is 19.1 Å². The molecule has 0 spiro atoms. The predicted molar refractivity (Wildman–Crippen MR) is 113 cm³/mol. The molecule has 0 aromatic heterocycles. The largest absolute Gasteiger partial charge is 0.449 e. The molecule has 8 nitrogen and oxygen atoms in total. The van der Waals surface area contributed by atoms with Crippen molar-refractivity contribution in [1.29, 1.82) is 0 Å². The lowest BCUT2D eigenvalue weighted by Crippen LogP contribution is -2.42. The number of piperidine rings is 1. The number of hydrogen-bond donors (Lipinski definition) is 2. The maximum absolute atomic E-state index is 14.8. The number of halogens is 2. The number of ether oxygens (including phenoxy) is 1. The van der Waals surface area contributed by atoms with Crippen LogP contribution in [0.15, 0.2) is 12.1 Å². The van der Waals surface area contributed by atoms with E-state index in [4.69, 9.17) is 4.74 Å². The molecule has 2 aliphatic heterocycles. The zero-order valence-electron chi connectivity index (χ0n) is 18.2. The lowest BCUT2D eigenvalue weighted by molar-refractivity contribution is -0.134. The SMILES string of the molecule is O=C1CC[C@@H](c2c(F)cc(N3CC[C@@H](NC(=O)OCC4CCCCC4)C3=O)cc2F)C(=O)N1. The Balaban J connectivity index is 1.38. The number of benzene rings is 1. The van der Waals surface area contributed by atoms with Crippen molar-refractivity contribution in [2.45, 2.75) is 63.3 Å². The van der Waals surface area contributed by atoms with Crippen molar-refractivity contribution in [1.82, 2.24) is 10.6 Å². The van der Waals surface area contributed by atoms with Gasteiger partial charge in [0.1, 0.15) is 17.7 Å². The Bertz CT molecular complexity index is 940. The Morgan fingerprint density at radius 2 is 1.76 bits per heavy atom. The molecule has 0 unspecified atom stereocenters. The first kappa shape index (κ1) is 23.1. The molecule has 0 bridgehead atoms. The van der Waals surface area contributed by atoms with Crippen LogP contribution in [0.5, 0.6) is 0 Å². The van der Waals surface area contributed by atoms with Crippen LogP contribution in [0.25, 0.3) is 0 Å². The fourth-order valence-corrected chi connectivity index (χ4v) is 4.83. The van der Waals surface area contributed by atoms with Crippen LogP contribution in [0.3, 0.4) is 0 Å². The van der Waals surface area contributed by atoms with Crippen LogP contribution >= 0.6 is 0 Å². The topological polar surface area (TPSA) is 105 Å². The summed E-state index contributed by atoms with van der Waals surface area (Å²) < 4.78 is 34.9. The van der Waals surface area contributed by atoms with E-state index in [2.05, 4.69) is 10.6 Å². The zero-order chi connectivity index (χ0) is 23.5. The number of imide groups is 1. The van der Waals surface area contributed by atoms with E-state index >= 15 is 0 Å². The Labute approximate surface area is 190 Å². The van der Waals surface area contributed by atoms with Gasteiger partial charge < -0.3 is 15.0 Å². The maximum atomic E-state index is 14.8. The summed E-state index contributed by atoms with van der Waals surface area (Å²) in [4.78, 5) is 49.4. The quantitative estimate of drug-likeness (QED) is 0.654. The first-order valence-corrected chi connectivity index (χ1v) is 11.4. The van der Waals surface area contributed by atoms with Crippen LogP contribution in [0.4, 0.5) is 19.3 Å². The van der Waals surface area contributed by atoms with Crippen LogP contribution in [0.2, 0.25) is 0 Å². The highest BCUT2D eigenvalue weighted by molar-refractivity contribution is 6.02. The number of amides is 4. The van der Waals surface area contributed by atoms with Crippen molar-refractivity contribution in [2.75, 3.05) is 18.1 Å². The van der Waals surface area contributed by atoms with Gasteiger partial charge in [-0.05, 0) is 43.7 Å². The molecule has 2 saturated heterocycles. The molecule has 2 N–H and O–H groups in total. The highest BCUT2D eigenvalue weighted by Crippen LogP contribution is 2.33. The molecular formula is C23H27F2N3O5. The summed E-state index contributed by atoms with van der Waals surface area (Å²) in [6.45, 7) is 0.484. The molecule has 4 amide bonds. The van der Waals surface area contributed by atoms with E-state index in [1.54, 1.807) is 0 Å². The molecule has 4 rings (SSSR count). The summed E-state index contributed by atoms with van der Waals surface area (Å²) in [5.41, 5.74) is -0.415. The number of carbonyl (C=O) groups excluding carboxylic acids is 4. The standard InChI is InChI=1S/C23H27F2N3O5/c24-16-10-14(11-17(25)20(16)15-6-7-19(29)27-21(15)30)28-9-8-18(22(28)31)26-23(32)33-12-13-4-2-1-3-5-13/h10-11,13,15,18H,1-9,12H2,(H,26,32)(H,27,29,30)/t15-,18+/m0/s1. The minimum absolute atomic E-state index is 0.00548. The van der Waals surface area contributed by atoms with Crippen LogP contribution in [0, 0.1) is 17.6 Å². The molecule has 2 atom stereocenters. The van der Waals surface area contributed by atoms with Gasteiger partial charge in [-0.15, -0.1) is 0 Å². The van der Waals surface area contributed by atoms with E-state index in [1.807, 2.05) is 0 Å². The number of anilines is 1. The van der Waals surface area contributed by atoms with E-state index in [9.17, 15) is 28.0 Å². The molecule has 33 heavy (non-hydrogen) atoms. The van der Waals surface area contributed by atoms with Gasteiger partial charge in [0.05, 0.1) is 12.5 Å². The second kappa shape index (κ2) is 9.84. The van der Waals surface area contributed by atoms with Gasteiger partial charge in [-0.2, -0.15) is 0 Å². The molecule has 1 aliphatic carbocycles. The second-order valence-corrected chi connectivity index (χ2v) is 8.90. The molecular weight excluding hydrogens is 436 g/mol. The average molecular weight is 463 g/mol. The lowest BCUT2D eigenvalue weighted by atomic mass is 9.89. The summed E-state index contributed by atoms with van der Waals surface area (Å²) in [5.74, 6) is -4.41. The molecule has 1 aromatic carbocycles. The van der Waals surface area contributed by atoms with Gasteiger partial charge in [0.2, 0.25) is 17.7 Å². The summed E-state index contributed by atoms with van der Waals surface area (Å²) in [6, 6.07) is 1.16. The van der Waals surface area contributed by atoms with E-state index in [0.717, 1.165) is 37.8 Å². The van der Waals surface area contributed by atoms with Crippen molar-refractivity contribution in [3.05, 3.63) is 29.3 Å². The fourth-order valence-electron chi connectivity index (χ4n) is 4.83. The third-order valence-corrected chi connectivity index (χ3v) is 6.64. The average Bonchev–Trinajstić information content (AvgIpc) is 3.14. The van der Waals surface area contributed by atoms with Crippen molar-refractivity contribution >= 4 is 29.5 Å². The smallest absolute Gasteiger partial charge is 0.407 e. The number of alkyl carbamates (subject to hydrolysis) is 1. The van der Waals surface area contributed by atoms with Crippen molar-refractivity contribution in [2.24, 2.45) is 5.92 Å². The first-order valence-electron chi connectivity index (χ1n) is 11.4. The van der Waals surface area contributed by atoms with E-state index in [1.165, 1.54) is 11.3 Å². The highest BCUT2D eigenvalue weighted by Gasteiger charge is 2.37. The summed E-state index contributed by atoms with van der Waals surface area (Å²) in [7, 11) is 0. The first-order chi connectivity index (χ1) is 15.8. The zero-order valence-corrected chi connectivity index (χ0v) is 18.2. The number of hydrogen-bond acceptors (Lipinski definition) is 5. The van der Waals surface area contributed by atoms with Crippen molar-refractivity contribution < 1.29 is 32.7 Å². The molecule has 2 heterocycles. The predicted octanol–water partition coefficient (Wildman–Crippen LogP) is 2.90. The van der Waals surface area contributed by atoms with Gasteiger partial charge >= 0.3 is 6.09 Å². The fraction of sp³-hybridized carbons (Fsp3) is 0.565. The number of nitrogens with one attached hydrogen (secondary N) is 2. The van der Waals surface area contributed by atoms with Crippen LogP contribution in [0.1, 0.15) is 62.8 Å². The van der Waals surface area contributed by atoms with Gasteiger partial charge in [-0.1, -0.05) is 19.3 Å². The highest BCUT2D eigenvalue weighted by atomic mass is 19.1. The molecule has 3 aliphatic rings. The second-order valence-electron chi connectivity index (χ2n) is 8.90. The van der Waals surface area contributed by atoms with E-state index in [0.29, 0.717) is 12.5 Å². The van der Waals surface area contributed by atoms with Gasteiger partial charge in [-0.3, -0.25) is 19.7 Å². The number of nitrogens with zero attached hydrogens (tertiary/aromatic N) is 1.